The first-order valence-electron chi connectivity index (χ1n) is 7.70. The van der Waals surface area contributed by atoms with Gasteiger partial charge in [-0.25, -0.2) is 4.39 Å². The Kier molecular flexibility index (Phi) is 5.88. The van der Waals surface area contributed by atoms with Crippen molar-refractivity contribution in [1.82, 2.24) is 10.2 Å². The topological polar surface area (TPSA) is 32.3 Å². The maximum atomic E-state index is 12.9. The van der Waals surface area contributed by atoms with Crippen molar-refractivity contribution in [1.29, 1.82) is 0 Å². The first-order chi connectivity index (χ1) is 11.0. The molecule has 0 aromatic heterocycles. The van der Waals surface area contributed by atoms with E-state index < -0.39 is 0 Å². The number of amides is 1. The highest BCUT2D eigenvalue weighted by Crippen LogP contribution is 2.18. The van der Waals surface area contributed by atoms with E-state index in [4.69, 9.17) is 0 Å². The van der Waals surface area contributed by atoms with Gasteiger partial charge in [0.2, 0.25) is 5.91 Å². The van der Waals surface area contributed by atoms with Gasteiger partial charge in [-0.1, -0.05) is 42.0 Å². The number of hydrogen-bond acceptors (Lipinski definition) is 2. The molecular formula is C19H23FN2O. The summed E-state index contributed by atoms with van der Waals surface area (Å²) in [7, 11) is 3.99. The molecule has 0 unspecified atom stereocenters. The molecule has 0 aliphatic carbocycles. The van der Waals surface area contributed by atoms with Crippen LogP contribution in [0.4, 0.5) is 4.39 Å². The fourth-order valence-corrected chi connectivity index (χ4v) is 2.45. The van der Waals surface area contributed by atoms with Crippen molar-refractivity contribution in [2.24, 2.45) is 0 Å². The van der Waals surface area contributed by atoms with Gasteiger partial charge in [-0.2, -0.15) is 0 Å². The lowest BCUT2D eigenvalue weighted by Gasteiger charge is -2.25. The summed E-state index contributed by atoms with van der Waals surface area (Å²) >= 11 is 0. The highest BCUT2D eigenvalue weighted by molar-refractivity contribution is 5.78. The van der Waals surface area contributed by atoms with Crippen LogP contribution >= 0.6 is 0 Å². The maximum absolute atomic E-state index is 12.9. The van der Waals surface area contributed by atoms with Crippen molar-refractivity contribution < 1.29 is 9.18 Å². The van der Waals surface area contributed by atoms with Crippen LogP contribution in [0.2, 0.25) is 0 Å². The molecule has 4 heteroatoms. The molecule has 122 valence electrons. The first kappa shape index (κ1) is 17.2. The Morgan fingerprint density at radius 2 is 1.70 bits per heavy atom. The number of carbonyl (C=O) groups excluding carboxylic acids is 1. The molecule has 1 atom stereocenters. The molecule has 0 aliphatic rings. The number of halogens is 1. The summed E-state index contributed by atoms with van der Waals surface area (Å²) in [5.74, 6) is -0.350. The minimum absolute atomic E-state index is 0.0597. The van der Waals surface area contributed by atoms with Crippen molar-refractivity contribution in [2.45, 2.75) is 19.4 Å². The zero-order valence-electron chi connectivity index (χ0n) is 13.8. The van der Waals surface area contributed by atoms with Gasteiger partial charge in [0.1, 0.15) is 5.82 Å². The Balaban J connectivity index is 1.94. The van der Waals surface area contributed by atoms with Crippen LogP contribution in [-0.4, -0.2) is 31.4 Å². The largest absolute Gasteiger partial charge is 0.354 e. The van der Waals surface area contributed by atoms with Crippen molar-refractivity contribution >= 4 is 5.91 Å². The maximum Gasteiger partial charge on any atom is 0.224 e. The molecule has 2 aromatic carbocycles. The van der Waals surface area contributed by atoms with Crippen LogP contribution in [-0.2, 0) is 11.2 Å². The zero-order valence-corrected chi connectivity index (χ0v) is 13.8. The van der Waals surface area contributed by atoms with Gasteiger partial charge in [-0.15, -0.1) is 0 Å². The Bertz CT molecular complexity index is 635. The summed E-state index contributed by atoms with van der Waals surface area (Å²) in [5.41, 5.74) is 3.19. The van der Waals surface area contributed by atoms with Crippen LogP contribution in [0, 0.1) is 12.7 Å². The minimum atomic E-state index is -0.291. The molecule has 23 heavy (non-hydrogen) atoms. The second kappa shape index (κ2) is 7.88. The van der Waals surface area contributed by atoms with Crippen LogP contribution in [0.1, 0.15) is 22.7 Å². The van der Waals surface area contributed by atoms with Crippen molar-refractivity contribution in [3.8, 4) is 0 Å². The van der Waals surface area contributed by atoms with E-state index in [2.05, 4.69) is 41.4 Å². The van der Waals surface area contributed by atoms with E-state index in [1.165, 1.54) is 23.3 Å². The Hall–Kier alpha value is -2.20. The molecule has 3 nitrogen and oxygen atoms in total. The van der Waals surface area contributed by atoms with Crippen molar-refractivity contribution in [2.75, 3.05) is 20.6 Å². The van der Waals surface area contributed by atoms with E-state index in [1.807, 2.05) is 14.1 Å². The smallest absolute Gasteiger partial charge is 0.224 e. The first-order valence-corrected chi connectivity index (χ1v) is 7.70. The third-order valence-electron chi connectivity index (χ3n) is 3.86. The molecule has 2 rings (SSSR count). The number of benzene rings is 2. The Labute approximate surface area is 137 Å². The quantitative estimate of drug-likeness (QED) is 0.888. The van der Waals surface area contributed by atoms with Crippen LogP contribution in [0.15, 0.2) is 48.5 Å². The third kappa shape index (κ3) is 5.18. The van der Waals surface area contributed by atoms with E-state index in [1.54, 1.807) is 12.1 Å². The van der Waals surface area contributed by atoms with Gasteiger partial charge in [0.05, 0.1) is 12.5 Å². The summed E-state index contributed by atoms with van der Waals surface area (Å²) in [6, 6.07) is 14.5. The zero-order chi connectivity index (χ0) is 16.8. The highest BCUT2D eigenvalue weighted by Gasteiger charge is 2.15. The summed E-state index contributed by atoms with van der Waals surface area (Å²) in [5, 5.41) is 2.97. The molecule has 0 saturated heterocycles. The fourth-order valence-electron chi connectivity index (χ4n) is 2.45. The highest BCUT2D eigenvalue weighted by atomic mass is 19.1. The standard InChI is InChI=1S/C19H23FN2O/c1-14-4-8-16(9-5-14)18(22(2)3)13-21-19(23)12-15-6-10-17(20)11-7-15/h4-11,18H,12-13H2,1-3H3,(H,21,23)/t18-/m1/s1. The number of aryl methyl sites for hydroxylation is 1. The summed E-state index contributed by atoms with van der Waals surface area (Å²) < 4.78 is 12.9. The summed E-state index contributed by atoms with van der Waals surface area (Å²) in [4.78, 5) is 14.2. The number of nitrogens with zero attached hydrogens (tertiary/aromatic N) is 1. The van der Waals surface area contributed by atoms with Crippen molar-refractivity contribution in [3.63, 3.8) is 0 Å². The number of carbonyl (C=O) groups is 1. The van der Waals surface area contributed by atoms with Crippen molar-refractivity contribution in [3.05, 3.63) is 71.0 Å². The van der Waals surface area contributed by atoms with Gasteiger partial charge >= 0.3 is 0 Å². The molecule has 2 aromatic rings. The molecule has 0 spiro atoms. The van der Waals surface area contributed by atoms with Gasteiger partial charge < -0.3 is 10.2 Å². The van der Waals surface area contributed by atoms with E-state index >= 15 is 0 Å². The lowest BCUT2D eigenvalue weighted by molar-refractivity contribution is -0.120. The van der Waals surface area contributed by atoms with Gasteiger partial charge in [0, 0.05) is 6.54 Å². The average Bonchev–Trinajstić information content (AvgIpc) is 2.51. The molecule has 0 saturated carbocycles. The average molecular weight is 314 g/mol. The molecule has 1 amide bonds. The van der Waals surface area contributed by atoms with Crippen LogP contribution in [0.3, 0.4) is 0 Å². The minimum Gasteiger partial charge on any atom is -0.354 e. The lowest BCUT2D eigenvalue weighted by atomic mass is 10.0. The summed E-state index contributed by atoms with van der Waals surface area (Å²) in [6.45, 7) is 2.59. The van der Waals surface area contributed by atoms with Gasteiger partial charge in [-0.05, 0) is 44.3 Å². The predicted molar refractivity (Wildman–Crippen MR) is 90.7 cm³/mol. The van der Waals surface area contributed by atoms with E-state index in [0.717, 1.165) is 5.56 Å². The normalized spacial score (nSPS) is 12.2. The van der Waals surface area contributed by atoms with E-state index in [9.17, 15) is 9.18 Å². The summed E-state index contributed by atoms with van der Waals surface area (Å²) in [6.07, 6.45) is 0.258. The van der Waals surface area contributed by atoms with Crippen LogP contribution < -0.4 is 5.32 Å². The Morgan fingerprint density at radius 3 is 2.26 bits per heavy atom. The Morgan fingerprint density at radius 1 is 1.09 bits per heavy atom. The number of nitrogens with one attached hydrogen (secondary N) is 1. The van der Waals surface area contributed by atoms with Crippen LogP contribution in [0.5, 0.6) is 0 Å². The number of hydrogen-bond donors (Lipinski definition) is 1. The molecular weight excluding hydrogens is 291 g/mol. The second-order valence-corrected chi connectivity index (χ2v) is 6.00. The second-order valence-electron chi connectivity index (χ2n) is 6.00. The number of rotatable bonds is 6. The van der Waals surface area contributed by atoms with Gasteiger partial charge in [-0.3, -0.25) is 4.79 Å². The van der Waals surface area contributed by atoms with Crippen LogP contribution in [0.25, 0.3) is 0 Å². The molecule has 1 N–H and O–H groups in total. The van der Waals surface area contributed by atoms with Gasteiger partial charge in [0.15, 0.2) is 0 Å². The number of likely N-dealkylation sites (N-methyl/N-ethyl adjacent to an activating group) is 1. The monoisotopic (exact) mass is 314 g/mol. The predicted octanol–water partition coefficient (Wildman–Crippen LogP) is 3.10. The molecule has 0 heterocycles. The molecule has 0 aliphatic heterocycles. The van der Waals surface area contributed by atoms with Gasteiger partial charge in [0.25, 0.3) is 0 Å². The van der Waals surface area contributed by atoms with E-state index in [-0.39, 0.29) is 24.2 Å². The lowest BCUT2D eigenvalue weighted by Crippen LogP contribution is -2.35. The third-order valence-corrected chi connectivity index (χ3v) is 3.86. The SMILES string of the molecule is Cc1ccc([C@@H](CNC(=O)Cc2ccc(F)cc2)N(C)C)cc1. The molecule has 0 radical (unpaired) electrons. The molecule has 0 fully saturated rings. The molecule has 0 bridgehead atoms. The van der Waals surface area contributed by atoms with E-state index in [0.29, 0.717) is 6.54 Å². The fraction of sp³-hybridized carbons (Fsp3) is 0.316.